The van der Waals surface area contributed by atoms with Crippen LogP contribution in [0.5, 0.6) is 11.5 Å². The summed E-state index contributed by atoms with van der Waals surface area (Å²) in [5.41, 5.74) is 3.09. The van der Waals surface area contributed by atoms with E-state index in [1.807, 2.05) is 42.3 Å². The van der Waals surface area contributed by atoms with Crippen LogP contribution in [0.4, 0.5) is 5.69 Å². The number of anilines is 1. The maximum Gasteiger partial charge on any atom is 0.238 e. The normalized spacial score (nSPS) is 11.9. The molecule has 0 aliphatic carbocycles. The Hall–Kier alpha value is -2.53. The van der Waals surface area contributed by atoms with Gasteiger partial charge < -0.3 is 14.8 Å². The highest BCUT2D eigenvalue weighted by Crippen LogP contribution is 2.31. The van der Waals surface area contributed by atoms with Gasteiger partial charge in [-0.15, -0.1) is 0 Å². The smallest absolute Gasteiger partial charge is 0.238 e. The topological polar surface area (TPSA) is 50.8 Å². The van der Waals surface area contributed by atoms with Crippen molar-refractivity contribution in [3.63, 3.8) is 0 Å². The number of methoxy groups -OCH3 is 2. The molecule has 1 atom stereocenters. The minimum absolute atomic E-state index is 0.0457. The van der Waals surface area contributed by atoms with E-state index in [4.69, 9.17) is 9.47 Å². The number of para-hydroxylation sites is 1. The molecule has 0 aliphatic rings. The van der Waals surface area contributed by atoms with Crippen LogP contribution in [0.3, 0.4) is 0 Å². The Morgan fingerprint density at radius 3 is 2.41 bits per heavy atom. The summed E-state index contributed by atoms with van der Waals surface area (Å²) in [7, 11) is 5.15. The molecule has 0 heterocycles. The van der Waals surface area contributed by atoms with Gasteiger partial charge in [-0.3, -0.25) is 9.69 Å². The monoisotopic (exact) mass is 370 g/mol. The molecular formula is C22H30N2O3. The largest absolute Gasteiger partial charge is 0.493 e. The number of rotatable bonds is 9. The standard InChI is InChI=1S/C22H30N2O3/c1-6-16(2)17-10-12-19(13-11-17)23-21(25)15-24(3)14-18-8-7-9-20(26-4)22(18)27-5/h7-13,16H,6,14-15H2,1-5H3,(H,23,25)/t16-/m0/s1. The third kappa shape index (κ3) is 5.73. The summed E-state index contributed by atoms with van der Waals surface area (Å²) < 4.78 is 10.8. The van der Waals surface area contributed by atoms with Gasteiger partial charge in [0.05, 0.1) is 20.8 Å². The van der Waals surface area contributed by atoms with Crippen molar-refractivity contribution in [1.82, 2.24) is 4.90 Å². The Morgan fingerprint density at radius 1 is 1.11 bits per heavy atom. The Balaban J connectivity index is 1.94. The highest BCUT2D eigenvalue weighted by atomic mass is 16.5. The number of nitrogens with one attached hydrogen (secondary N) is 1. The summed E-state index contributed by atoms with van der Waals surface area (Å²) in [4.78, 5) is 14.3. The molecule has 0 radical (unpaired) electrons. The van der Waals surface area contributed by atoms with Gasteiger partial charge in [0, 0.05) is 17.8 Å². The number of benzene rings is 2. The van der Waals surface area contributed by atoms with Gasteiger partial charge in [-0.2, -0.15) is 0 Å². The third-order valence-corrected chi connectivity index (χ3v) is 4.71. The first-order valence-corrected chi connectivity index (χ1v) is 9.26. The second-order valence-corrected chi connectivity index (χ2v) is 6.80. The molecule has 0 saturated carbocycles. The molecule has 146 valence electrons. The van der Waals surface area contributed by atoms with Crippen molar-refractivity contribution in [3.05, 3.63) is 53.6 Å². The zero-order chi connectivity index (χ0) is 19.8. The number of hydrogen-bond acceptors (Lipinski definition) is 4. The summed E-state index contributed by atoms with van der Waals surface area (Å²) in [5, 5.41) is 2.96. The van der Waals surface area contributed by atoms with Gasteiger partial charge in [0.2, 0.25) is 5.91 Å². The first kappa shape index (κ1) is 20.8. The first-order valence-electron chi connectivity index (χ1n) is 9.26. The number of likely N-dealkylation sites (N-methyl/N-ethyl adjacent to an activating group) is 1. The molecule has 2 aromatic rings. The van der Waals surface area contributed by atoms with E-state index in [-0.39, 0.29) is 12.5 Å². The molecule has 2 rings (SSSR count). The van der Waals surface area contributed by atoms with E-state index >= 15 is 0 Å². The molecule has 1 N–H and O–H groups in total. The number of carbonyl (C=O) groups excluding carboxylic acids is 1. The molecule has 0 aromatic heterocycles. The minimum atomic E-state index is -0.0457. The second-order valence-electron chi connectivity index (χ2n) is 6.80. The van der Waals surface area contributed by atoms with Crippen molar-refractivity contribution in [1.29, 1.82) is 0 Å². The van der Waals surface area contributed by atoms with Gasteiger partial charge in [0.25, 0.3) is 0 Å². The molecular weight excluding hydrogens is 340 g/mol. The van der Waals surface area contributed by atoms with Crippen LogP contribution in [-0.2, 0) is 11.3 Å². The SMILES string of the molecule is CC[C@H](C)c1ccc(NC(=O)CN(C)Cc2cccc(OC)c2OC)cc1. The number of carbonyl (C=O) groups is 1. The van der Waals surface area contributed by atoms with Gasteiger partial charge >= 0.3 is 0 Å². The van der Waals surface area contributed by atoms with Crippen LogP contribution in [0.25, 0.3) is 0 Å². The zero-order valence-electron chi connectivity index (χ0n) is 16.9. The maximum absolute atomic E-state index is 12.4. The number of amides is 1. The predicted molar refractivity (Wildman–Crippen MR) is 110 cm³/mol. The number of hydrogen-bond donors (Lipinski definition) is 1. The summed E-state index contributed by atoms with van der Waals surface area (Å²) in [6, 6.07) is 13.8. The van der Waals surface area contributed by atoms with Gasteiger partial charge in [0.1, 0.15) is 0 Å². The fraction of sp³-hybridized carbons (Fsp3) is 0.409. The molecule has 0 fully saturated rings. The lowest BCUT2D eigenvalue weighted by molar-refractivity contribution is -0.117. The van der Waals surface area contributed by atoms with Crippen molar-refractivity contribution in [2.45, 2.75) is 32.7 Å². The lowest BCUT2D eigenvalue weighted by Crippen LogP contribution is -2.30. The average molecular weight is 370 g/mol. The van der Waals surface area contributed by atoms with Crippen molar-refractivity contribution in [3.8, 4) is 11.5 Å². The molecule has 1 amide bonds. The van der Waals surface area contributed by atoms with E-state index in [1.165, 1.54) is 5.56 Å². The Bertz CT molecular complexity index is 744. The van der Waals surface area contributed by atoms with Crippen LogP contribution < -0.4 is 14.8 Å². The highest BCUT2D eigenvalue weighted by Gasteiger charge is 2.13. The van der Waals surface area contributed by atoms with E-state index in [2.05, 4.69) is 31.3 Å². The molecule has 27 heavy (non-hydrogen) atoms. The lowest BCUT2D eigenvalue weighted by atomic mass is 9.99. The highest BCUT2D eigenvalue weighted by molar-refractivity contribution is 5.92. The first-order chi connectivity index (χ1) is 13.0. The summed E-state index contributed by atoms with van der Waals surface area (Å²) in [6.07, 6.45) is 1.10. The second kappa shape index (κ2) is 9.97. The van der Waals surface area contributed by atoms with E-state index in [0.717, 1.165) is 17.7 Å². The minimum Gasteiger partial charge on any atom is -0.493 e. The molecule has 5 nitrogen and oxygen atoms in total. The van der Waals surface area contributed by atoms with E-state index in [0.29, 0.717) is 24.0 Å². The molecule has 0 saturated heterocycles. The van der Waals surface area contributed by atoms with Crippen molar-refractivity contribution in [2.24, 2.45) is 0 Å². The van der Waals surface area contributed by atoms with Crippen LogP contribution in [-0.4, -0.2) is 38.6 Å². The molecule has 0 bridgehead atoms. The quantitative estimate of drug-likeness (QED) is 0.715. The van der Waals surface area contributed by atoms with Crippen LogP contribution in [0.1, 0.15) is 37.3 Å². The number of nitrogens with zero attached hydrogens (tertiary/aromatic N) is 1. The van der Waals surface area contributed by atoms with E-state index in [1.54, 1.807) is 14.2 Å². The molecule has 2 aromatic carbocycles. The van der Waals surface area contributed by atoms with E-state index in [9.17, 15) is 4.79 Å². The Kier molecular flexibility index (Phi) is 7.67. The molecule has 0 spiro atoms. The zero-order valence-corrected chi connectivity index (χ0v) is 16.9. The van der Waals surface area contributed by atoms with Gasteiger partial charge in [-0.05, 0) is 43.1 Å². The lowest BCUT2D eigenvalue weighted by Gasteiger charge is -2.19. The maximum atomic E-state index is 12.4. The third-order valence-electron chi connectivity index (χ3n) is 4.71. The molecule has 0 aliphatic heterocycles. The van der Waals surface area contributed by atoms with Crippen molar-refractivity contribution >= 4 is 11.6 Å². The fourth-order valence-electron chi connectivity index (χ4n) is 3.00. The van der Waals surface area contributed by atoms with Crippen molar-refractivity contribution < 1.29 is 14.3 Å². The summed E-state index contributed by atoms with van der Waals surface area (Å²) in [6.45, 7) is 5.25. The van der Waals surface area contributed by atoms with E-state index < -0.39 is 0 Å². The predicted octanol–water partition coefficient (Wildman–Crippen LogP) is 4.29. The van der Waals surface area contributed by atoms with Crippen LogP contribution in [0.15, 0.2) is 42.5 Å². The van der Waals surface area contributed by atoms with Crippen LogP contribution >= 0.6 is 0 Å². The molecule has 5 heteroatoms. The Morgan fingerprint density at radius 2 is 1.81 bits per heavy atom. The fourth-order valence-corrected chi connectivity index (χ4v) is 3.00. The van der Waals surface area contributed by atoms with Gasteiger partial charge in [0.15, 0.2) is 11.5 Å². The van der Waals surface area contributed by atoms with Crippen molar-refractivity contribution in [2.75, 3.05) is 33.1 Å². The average Bonchev–Trinajstić information content (AvgIpc) is 2.67. The van der Waals surface area contributed by atoms with Gasteiger partial charge in [-0.1, -0.05) is 38.1 Å². The van der Waals surface area contributed by atoms with Crippen LogP contribution in [0, 0.1) is 0 Å². The summed E-state index contributed by atoms with van der Waals surface area (Å²) in [5.74, 6) is 1.87. The van der Waals surface area contributed by atoms with Gasteiger partial charge in [-0.25, -0.2) is 0 Å². The Labute approximate surface area is 162 Å². The summed E-state index contributed by atoms with van der Waals surface area (Å²) >= 11 is 0. The molecule has 0 unspecified atom stereocenters. The van der Waals surface area contributed by atoms with Crippen LogP contribution in [0.2, 0.25) is 0 Å². The number of ether oxygens (including phenoxy) is 2.